The van der Waals surface area contributed by atoms with Crippen LogP contribution in [0.25, 0.3) is 0 Å². The van der Waals surface area contributed by atoms with E-state index in [0.29, 0.717) is 0 Å². The van der Waals surface area contributed by atoms with Crippen molar-refractivity contribution in [2.45, 2.75) is 19.4 Å². The zero-order valence-corrected chi connectivity index (χ0v) is 8.00. The van der Waals surface area contributed by atoms with Gasteiger partial charge in [0.05, 0.1) is 5.54 Å². The molecule has 1 rings (SSSR count). The molecule has 0 fully saturated rings. The highest BCUT2D eigenvalue weighted by Gasteiger charge is 2.20. The van der Waals surface area contributed by atoms with Gasteiger partial charge < -0.3 is 15.6 Å². The number of hydrogen-bond donors (Lipinski definition) is 2. The topological polar surface area (TPSA) is 81.2 Å². The van der Waals surface area contributed by atoms with Crippen LogP contribution in [0.1, 0.15) is 24.3 Å². The van der Waals surface area contributed by atoms with Gasteiger partial charge in [0.2, 0.25) is 5.88 Å². The highest BCUT2D eigenvalue weighted by molar-refractivity contribution is 5.93. The predicted molar refractivity (Wildman–Crippen MR) is 51.3 cm³/mol. The van der Waals surface area contributed by atoms with Crippen molar-refractivity contribution in [1.29, 1.82) is 0 Å². The molecule has 0 spiro atoms. The Morgan fingerprint density at radius 1 is 1.79 bits per heavy atom. The van der Waals surface area contributed by atoms with E-state index in [4.69, 9.17) is 12.2 Å². The maximum Gasteiger partial charge on any atom is 0.274 e. The van der Waals surface area contributed by atoms with E-state index in [1.165, 1.54) is 6.07 Å². The summed E-state index contributed by atoms with van der Waals surface area (Å²) in [5.74, 6) is 2.11. The molecule has 0 bridgehead atoms. The van der Waals surface area contributed by atoms with Crippen LogP contribution in [-0.4, -0.2) is 16.6 Å². The van der Waals surface area contributed by atoms with Gasteiger partial charge in [0.1, 0.15) is 0 Å². The molecule has 0 aliphatic carbocycles. The van der Waals surface area contributed by atoms with Crippen molar-refractivity contribution in [3.63, 3.8) is 0 Å². The first-order valence-corrected chi connectivity index (χ1v) is 3.97. The van der Waals surface area contributed by atoms with Crippen LogP contribution in [0.3, 0.4) is 0 Å². The van der Waals surface area contributed by atoms with Crippen LogP contribution >= 0.6 is 0 Å². The molecule has 0 atom stereocenters. The van der Waals surface area contributed by atoms with Crippen molar-refractivity contribution in [1.82, 2.24) is 10.5 Å². The summed E-state index contributed by atoms with van der Waals surface area (Å²) in [7, 11) is 0. The smallest absolute Gasteiger partial charge is 0.274 e. The number of aromatic nitrogens is 1. The van der Waals surface area contributed by atoms with Crippen molar-refractivity contribution in [3.05, 3.63) is 11.8 Å². The van der Waals surface area contributed by atoms with E-state index < -0.39 is 11.4 Å². The highest BCUT2D eigenvalue weighted by Crippen LogP contribution is 2.06. The Balaban J connectivity index is 2.74. The number of nitrogens with two attached hydrogens (primary N) is 1. The number of hydrogen-bond acceptors (Lipinski definition) is 4. The van der Waals surface area contributed by atoms with Gasteiger partial charge in [-0.2, -0.15) is 0 Å². The molecule has 5 nitrogen and oxygen atoms in total. The van der Waals surface area contributed by atoms with Crippen LogP contribution in [-0.2, 0) is 0 Å². The van der Waals surface area contributed by atoms with Gasteiger partial charge in [-0.15, -0.1) is 6.42 Å². The molecule has 1 aromatic rings. The largest absolute Gasteiger partial charge is 0.368 e. The van der Waals surface area contributed by atoms with E-state index in [1.807, 2.05) is 0 Å². The lowest BCUT2D eigenvalue weighted by molar-refractivity contribution is 0.0921. The zero-order valence-electron chi connectivity index (χ0n) is 8.00. The van der Waals surface area contributed by atoms with E-state index in [1.54, 1.807) is 13.8 Å². The molecule has 3 N–H and O–H groups in total. The van der Waals surface area contributed by atoms with Gasteiger partial charge in [0, 0.05) is 6.07 Å². The Morgan fingerprint density at radius 3 is 2.86 bits per heavy atom. The molecule has 0 unspecified atom stereocenters. The number of carbonyl (C=O) groups is 1. The number of anilines is 1. The number of nitrogens with zero attached hydrogens (tertiary/aromatic N) is 1. The van der Waals surface area contributed by atoms with Gasteiger partial charge in [-0.1, -0.05) is 11.1 Å². The fourth-order valence-electron chi connectivity index (χ4n) is 0.780. The average Bonchev–Trinajstić information content (AvgIpc) is 2.51. The number of amides is 1. The lowest BCUT2D eigenvalue weighted by Gasteiger charge is -2.18. The Hall–Kier alpha value is -1.96. The molecule has 0 saturated carbocycles. The third-order valence-electron chi connectivity index (χ3n) is 1.55. The summed E-state index contributed by atoms with van der Waals surface area (Å²) in [6, 6.07) is 1.34. The molecular weight excluding hydrogens is 182 g/mol. The van der Waals surface area contributed by atoms with Gasteiger partial charge >= 0.3 is 0 Å². The second-order valence-corrected chi connectivity index (χ2v) is 3.34. The zero-order chi connectivity index (χ0) is 10.8. The Morgan fingerprint density at radius 2 is 2.43 bits per heavy atom. The third kappa shape index (κ3) is 2.26. The van der Waals surface area contributed by atoms with Crippen LogP contribution < -0.4 is 11.1 Å². The summed E-state index contributed by atoms with van der Waals surface area (Å²) < 4.78 is 4.55. The van der Waals surface area contributed by atoms with Crippen molar-refractivity contribution < 1.29 is 9.32 Å². The maximum atomic E-state index is 11.4. The Kier molecular flexibility index (Phi) is 2.47. The maximum absolute atomic E-state index is 11.4. The minimum Gasteiger partial charge on any atom is -0.368 e. The Labute approximate surface area is 81.6 Å². The van der Waals surface area contributed by atoms with Gasteiger partial charge in [0.25, 0.3) is 5.91 Å². The molecular formula is C9H11N3O2. The summed E-state index contributed by atoms with van der Waals surface area (Å²) >= 11 is 0. The number of terminal acetylenes is 1. The minimum absolute atomic E-state index is 0.0914. The van der Waals surface area contributed by atoms with Gasteiger partial charge in [0.15, 0.2) is 5.69 Å². The molecule has 1 amide bonds. The standard InChI is InChI=1S/C9H11N3O2/c1-4-9(2,3)11-8(13)6-5-7(10)14-12-6/h1,5H,10H2,2-3H3,(H,11,13). The monoisotopic (exact) mass is 193 g/mol. The number of rotatable bonds is 2. The van der Waals surface area contributed by atoms with E-state index in [9.17, 15) is 4.79 Å². The van der Waals surface area contributed by atoms with Gasteiger partial charge in [-0.05, 0) is 13.8 Å². The first-order valence-electron chi connectivity index (χ1n) is 3.97. The van der Waals surface area contributed by atoms with Crippen molar-refractivity contribution >= 4 is 11.8 Å². The van der Waals surface area contributed by atoms with E-state index in [-0.39, 0.29) is 11.6 Å². The van der Waals surface area contributed by atoms with Crippen molar-refractivity contribution in [3.8, 4) is 12.3 Å². The fraction of sp³-hybridized carbons (Fsp3) is 0.333. The van der Waals surface area contributed by atoms with Crippen molar-refractivity contribution in [2.75, 3.05) is 5.73 Å². The first kappa shape index (κ1) is 10.1. The van der Waals surface area contributed by atoms with E-state index >= 15 is 0 Å². The Bertz CT molecular complexity index is 387. The molecule has 74 valence electrons. The van der Waals surface area contributed by atoms with E-state index in [0.717, 1.165) is 0 Å². The van der Waals surface area contributed by atoms with E-state index in [2.05, 4.69) is 20.9 Å². The molecule has 0 aromatic carbocycles. The summed E-state index contributed by atoms with van der Waals surface area (Å²) in [5, 5.41) is 6.04. The first-order chi connectivity index (χ1) is 6.44. The quantitative estimate of drug-likeness (QED) is 0.666. The van der Waals surface area contributed by atoms with Crippen LogP contribution in [0.2, 0.25) is 0 Å². The third-order valence-corrected chi connectivity index (χ3v) is 1.55. The molecule has 1 aromatic heterocycles. The van der Waals surface area contributed by atoms with Crippen LogP contribution in [0.5, 0.6) is 0 Å². The predicted octanol–water partition coefficient (Wildman–Crippen LogP) is 0.398. The van der Waals surface area contributed by atoms with Crippen LogP contribution in [0.4, 0.5) is 5.88 Å². The molecule has 5 heteroatoms. The normalized spacial score (nSPS) is 10.6. The molecule has 0 radical (unpaired) electrons. The molecule has 0 aliphatic heterocycles. The lowest BCUT2D eigenvalue weighted by atomic mass is 10.1. The van der Waals surface area contributed by atoms with Crippen LogP contribution in [0, 0.1) is 12.3 Å². The lowest BCUT2D eigenvalue weighted by Crippen LogP contribution is -2.42. The average molecular weight is 193 g/mol. The minimum atomic E-state index is -0.717. The number of nitrogen functional groups attached to an aromatic ring is 1. The highest BCUT2D eigenvalue weighted by atomic mass is 16.5. The summed E-state index contributed by atoms with van der Waals surface area (Å²) in [4.78, 5) is 11.4. The summed E-state index contributed by atoms with van der Waals surface area (Å²) in [5.41, 5.74) is 4.66. The second-order valence-electron chi connectivity index (χ2n) is 3.34. The number of carbonyl (C=O) groups excluding carboxylic acids is 1. The van der Waals surface area contributed by atoms with Crippen molar-refractivity contribution in [2.24, 2.45) is 0 Å². The molecule has 1 heterocycles. The summed E-state index contributed by atoms with van der Waals surface area (Å²) in [6.07, 6.45) is 5.20. The molecule has 14 heavy (non-hydrogen) atoms. The fourth-order valence-corrected chi connectivity index (χ4v) is 0.780. The summed E-state index contributed by atoms with van der Waals surface area (Å²) in [6.45, 7) is 3.41. The molecule has 0 saturated heterocycles. The number of nitrogens with one attached hydrogen (secondary N) is 1. The molecule has 0 aliphatic rings. The second kappa shape index (κ2) is 3.42. The SMILES string of the molecule is C#CC(C)(C)NC(=O)c1cc(N)on1. The van der Waals surface area contributed by atoms with Gasteiger partial charge in [-0.3, -0.25) is 4.79 Å². The van der Waals surface area contributed by atoms with Crippen LogP contribution in [0.15, 0.2) is 10.6 Å². The van der Waals surface area contributed by atoms with Gasteiger partial charge in [-0.25, -0.2) is 0 Å².